The van der Waals surface area contributed by atoms with Crippen LogP contribution in [0.3, 0.4) is 0 Å². The number of urea groups is 1. The van der Waals surface area contributed by atoms with Gasteiger partial charge in [-0.1, -0.05) is 24.3 Å². The summed E-state index contributed by atoms with van der Waals surface area (Å²) in [5.74, 6) is 0. The second kappa shape index (κ2) is 8.63. The topological polar surface area (TPSA) is 93.3 Å². The van der Waals surface area contributed by atoms with Crippen LogP contribution in [0, 0.1) is 6.92 Å². The number of piperidine rings is 1. The number of likely N-dealkylation sites (tertiary alicyclic amines) is 1. The van der Waals surface area contributed by atoms with E-state index in [2.05, 4.69) is 37.6 Å². The molecule has 1 fully saturated rings. The van der Waals surface area contributed by atoms with Gasteiger partial charge in [-0.2, -0.15) is 0 Å². The number of H-pyrrole nitrogens is 1. The molecule has 1 saturated heterocycles. The second-order valence-electron chi connectivity index (χ2n) is 7.67. The van der Waals surface area contributed by atoms with Gasteiger partial charge >= 0.3 is 6.03 Å². The van der Waals surface area contributed by atoms with E-state index < -0.39 is 0 Å². The predicted octanol–water partition coefficient (Wildman–Crippen LogP) is 3.15. The molecule has 4 rings (SSSR count). The fraction of sp³-hybridized carbons (Fsp3) is 0.364. The van der Waals surface area contributed by atoms with Crippen LogP contribution in [0.25, 0.3) is 11.0 Å². The molecule has 7 nitrogen and oxygen atoms in total. The molecule has 29 heavy (non-hydrogen) atoms. The molecule has 0 bridgehead atoms. The lowest BCUT2D eigenvalue weighted by Crippen LogP contribution is -2.35. The smallest absolute Gasteiger partial charge is 0.319 e. The highest BCUT2D eigenvalue weighted by molar-refractivity contribution is 5.93. The zero-order valence-corrected chi connectivity index (χ0v) is 16.6. The Balaban J connectivity index is 1.28. The molecule has 2 aromatic heterocycles. The van der Waals surface area contributed by atoms with E-state index in [1.54, 1.807) is 6.20 Å². The maximum atomic E-state index is 12.3. The fourth-order valence-corrected chi connectivity index (χ4v) is 3.71. The highest BCUT2D eigenvalue weighted by atomic mass is 16.3. The molecular formula is C22H27N5O2. The Kier molecular flexibility index (Phi) is 5.78. The largest absolute Gasteiger partial charge is 0.393 e. The minimum atomic E-state index is -0.249. The average Bonchev–Trinajstić information content (AvgIpc) is 3.21. The average molecular weight is 393 g/mol. The number of hydrogen-bond donors (Lipinski definition) is 4. The van der Waals surface area contributed by atoms with Gasteiger partial charge < -0.3 is 20.7 Å². The number of nitrogens with zero attached hydrogens (tertiary/aromatic N) is 2. The van der Waals surface area contributed by atoms with E-state index in [-0.39, 0.29) is 12.1 Å². The van der Waals surface area contributed by atoms with Crippen LogP contribution < -0.4 is 10.6 Å². The summed E-state index contributed by atoms with van der Waals surface area (Å²) in [6.07, 6.45) is 5.07. The van der Waals surface area contributed by atoms with Gasteiger partial charge in [0, 0.05) is 37.8 Å². The number of rotatable bonds is 5. The third kappa shape index (κ3) is 4.75. The maximum Gasteiger partial charge on any atom is 0.319 e. The third-order valence-electron chi connectivity index (χ3n) is 5.54. The van der Waals surface area contributed by atoms with Crippen LogP contribution >= 0.6 is 0 Å². The van der Waals surface area contributed by atoms with Gasteiger partial charge in [0.2, 0.25) is 0 Å². The van der Waals surface area contributed by atoms with Gasteiger partial charge in [-0.3, -0.25) is 4.90 Å². The summed E-state index contributed by atoms with van der Waals surface area (Å²) in [5, 5.41) is 16.4. The maximum absolute atomic E-state index is 12.3. The van der Waals surface area contributed by atoms with Crippen molar-refractivity contribution in [3.63, 3.8) is 0 Å². The lowest BCUT2D eigenvalue weighted by Gasteiger charge is -2.29. The summed E-state index contributed by atoms with van der Waals surface area (Å²) < 4.78 is 0. The molecule has 0 atom stereocenters. The first-order valence-electron chi connectivity index (χ1n) is 10.0. The molecule has 4 N–H and O–H groups in total. The molecule has 2 amide bonds. The van der Waals surface area contributed by atoms with Gasteiger partial charge in [0.25, 0.3) is 0 Å². The van der Waals surface area contributed by atoms with Crippen molar-refractivity contribution in [2.75, 3.05) is 18.4 Å². The van der Waals surface area contributed by atoms with Gasteiger partial charge in [-0.15, -0.1) is 0 Å². The Morgan fingerprint density at radius 3 is 2.69 bits per heavy atom. The minimum Gasteiger partial charge on any atom is -0.393 e. The molecule has 0 spiro atoms. The fourth-order valence-electron chi connectivity index (χ4n) is 3.71. The number of aromatic nitrogens is 2. The highest BCUT2D eigenvalue weighted by Gasteiger charge is 2.16. The van der Waals surface area contributed by atoms with Crippen molar-refractivity contribution < 1.29 is 9.90 Å². The minimum absolute atomic E-state index is 0.143. The lowest BCUT2D eigenvalue weighted by molar-refractivity contribution is 0.0792. The van der Waals surface area contributed by atoms with E-state index in [0.29, 0.717) is 12.2 Å². The summed E-state index contributed by atoms with van der Waals surface area (Å²) in [5.41, 5.74) is 4.80. The van der Waals surface area contributed by atoms with Crippen LogP contribution in [0.5, 0.6) is 0 Å². The highest BCUT2D eigenvalue weighted by Crippen LogP contribution is 2.22. The Bertz CT molecular complexity index is 975. The number of amides is 2. The number of aryl methyl sites for hydroxylation is 1. The molecule has 0 unspecified atom stereocenters. The van der Waals surface area contributed by atoms with Crippen molar-refractivity contribution in [3.05, 3.63) is 59.4 Å². The number of carbonyl (C=O) groups excluding carboxylic acids is 1. The molecule has 1 aromatic carbocycles. The van der Waals surface area contributed by atoms with Crippen LogP contribution in [0.4, 0.5) is 10.5 Å². The van der Waals surface area contributed by atoms with Gasteiger partial charge in [0.15, 0.2) is 0 Å². The van der Waals surface area contributed by atoms with Crippen molar-refractivity contribution in [1.29, 1.82) is 0 Å². The molecule has 7 heteroatoms. The van der Waals surface area contributed by atoms with Gasteiger partial charge in [-0.05, 0) is 42.5 Å². The number of aliphatic hydroxyl groups is 1. The van der Waals surface area contributed by atoms with Gasteiger partial charge in [0.1, 0.15) is 5.65 Å². The van der Waals surface area contributed by atoms with Crippen LogP contribution in [0.15, 0.2) is 42.7 Å². The SMILES string of the molecule is Cc1c(NC(=O)NCc2ccc(CN3CCC(O)CC3)cc2)cnc2[nH]ccc12. The quantitative estimate of drug-likeness (QED) is 0.536. The summed E-state index contributed by atoms with van der Waals surface area (Å²) in [6.45, 7) is 5.20. The molecule has 0 saturated carbocycles. The monoisotopic (exact) mass is 393 g/mol. The molecule has 1 aliphatic rings. The van der Waals surface area contributed by atoms with Crippen molar-refractivity contribution >= 4 is 22.8 Å². The summed E-state index contributed by atoms with van der Waals surface area (Å²) in [6, 6.07) is 10.0. The molecule has 152 valence electrons. The van der Waals surface area contributed by atoms with Crippen molar-refractivity contribution in [2.24, 2.45) is 0 Å². The molecule has 1 aliphatic heterocycles. The number of pyridine rings is 1. The number of benzene rings is 1. The molecular weight excluding hydrogens is 366 g/mol. The first-order valence-corrected chi connectivity index (χ1v) is 10.0. The first-order chi connectivity index (χ1) is 14.1. The van der Waals surface area contributed by atoms with Gasteiger partial charge in [-0.25, -0.2) is 9.78 Å². The summed E-state index contributed by atoms with van der Waals surface area (Å²) >= 11 is 0. The Hall–Kier alpha value is -2.90. The Morgan fingerprint density at radius 1 is 1.21 bits per heavy atom. The molecule has 3 heterocycles. The van der Waals surface area contributed by atoms with Crippen LogP contribution in [-0.2, 0) is 13.1 Å². The molecule has 0 aliphatic carbocycles. The van der Waals surface area contributed by atoms with Gasteiger partial charge in [0.05, 0.1) is 18.0 Å². The summed E-state index contributed by atoms with van der Waals surface area (Å²) in [4.78, 5) is 22.0. The van der Waals surface area contributed by atoms with Crippen LogP contribution in [0.2, 0.25) is 0 Å². The van der Waals surface area contributed by atoms with Crippen molar-refractivity contribution in [3.8, 4) is 0 Å². The Morgan fingerprint density at radius 2 is 1.93 bits per heavy atom. The van der Waals surface area contributed by atoms with E-state index in [1.807, 2.05) is 31.3 Å². The van der Waals surface area contributed by atoms with Crippen LogP contribution in [0.1, 0.15) is 29.5 Å². The predicted molar refractivity (Wildman–Crippen MR) is 114 cm³/mol. The Labute approximate surface area is 170 Å². The van der Waals surface area contributed by atoms with Crippen molar-refractivity contribution in [2.45, 2.75) is 39.0 Å². The normalized spacial score (nSPS) is 15.5. The number of aromatic amines is 1. The summed E-state index contributed by atoms with van der Waals surface area (Å²) in [7, 11) is 0. The molecule has 3 aromatic rings. The zero-order chi connectivity index (χ0) is 20.2. The lowest BCUT2D eigenvalue weighted by atomic mass is 10.1. The third-order valence-corrected chi connectivity index (χ3v) is 5.54. The number of carbonyl (C=O) groups is 1. The first kappa shape index (κ1) is 19.4. The van der Waals surface area contributed by atoms with Crippen LogP contribution in [-0.4, -0.2) is 45.2 Å². The van der Waals surface area contributed by atoms with E-state index in [1.165, 1.54) is 5.56 Å². The zero-order valence-electron chi connectivity index (χ0n) is 16.6. The van der Waals surface area contributed by atoms with E-state index >= 15 is 0 Å². The van der Waals surface area contributed by atoms with E-state index in [9.17, 15) is 9.90 Å². The number of anilines is 1. The number of nitrogens with one attached hydrogen (secondary N) is 3. The molecule has 0 radical (unpaired) electrons. The standard InChI is InChI=1S/C22H27N5O2/c1-15-19-6-9-23-21(19)24-13-20(15)26-22(29)25-12-16-2-4-17(5-3-16)14-27-10-7-18(28)8-11-27/h2-6,9,13,18,28H,7-8,10-12,14H2,1H3,(H,23,24)(H2,25,26,29). The number of fused-ring (bicyclic) bond motifs is 1. The van der Waals surface area contributed by atoms with E-state index in [0.717, 1.165) is 54.6 Å². The second-order valence-corrected chi connectivity index (χ2v) is 7.67. The van der Waals surface area contributed by atoms with Crippen molar-refractivity contribution in [1.82, 2.24) is 20.2 Å². The number of aliphatic hydroxyl groups excluding tert-OH is 1. The number of hydrogen-bond acceptors (Lipinski definition) is 4. The van der Waals surface area contributed by atoms with E-state index in [4.69, 9.17) is 0 Å².